The van der Waals surface area contributed by atoms with Gasteiger partial charge in [-0.25, -0.2) is 0 Å². The van der Waals surface area contributed by atoms with E-state index in [0.717, 1.165) is 62.9 Å². The molecular weight excluding hydrogens is 661 g/mol. The third kappa shape index (κ3) is 9.28. The average molecular weight is 741 g/mol. The fourth-order valence-electron chi connectivity index (χ4n) is 9.67. The molecule has 0 spiro atoms. The molecule has 0 saturated heterocycles. The molecule has 7 atom stereocenters. The van der Waals surface area contributed by atoms with Crippen LogP contribution in [0.15, 0.2) is 11.6 Å². The highest BCUT2D eigenvalue weighted by atomic mass is 28.4. The molecular formula is C40H80O6Si3. The minimum absolute atomic E-state index is 0.0404. The predicted octanol–water partition coefficient (Wildman–Crippen LogP) is 11.3. The Morgan fingerprint density at radius 2 is 1.45 bits per heavy atom. The zero-order valence-electron chi connectivity index (χ0n) is 35.1. The molecule has 9 heteroatoms. The Balaban J connectivity index is 2.22. The molecule has 288 valence electrons. The largest absolute Gasteiger partial charge is 0.414 e. The van der Waals surface area contributed by atoms with Gasteiger partial charge in [-0.3, -0.25) is 0 Å². The van der Waals surface area contributed by atoms with Gasteiger partial charge >= 0.3 is 0 Å². The molecule has 3 rings (SSSR count). The van der Waals surface area contributed by atoms with Gasteiger partial charge in [0, 0.05) is 45.8 Å². The van der Waals surface area contributed by atoms with Crippen LogP contribution in [0.5, 0.6) is 0 Å². The van der Waals surface area contributed by atoms with Gasteiger partial charge in [-0.2, -0.15) is 0 Å². The number of ether oxygens (including phenoxy) is 4. The highest BCUT2D eigenvalue weighted by Crippen LogP contribution is 2.71. The fourth-order valence-corrected chi connectivity index (χ4v) is 14.7. The number of rotatable bonds is 19. The second-order valence-corrected chi connectivity index (χ2v) is 34.6. The Labute approximate surface area is 306 Å². The van der Waals surface area contributed by atoms with E-state index in [1.54, 1.807) is 7.11 Å². The second-order valence-electron chi connectivity index (χ2n) is 19.5. The van der Waals surface area contributed by atoms with Crippen LogP contribution in [0, 0.1) is 28.1 Å². The topological polar surface area (TPSA) is 55.4 Å². The lowest BCUT2D eigenvalue weighted by molar-refractivity contribution is -0.252. The maximum atomic E-state index is 7.80. The zero-order valence-corrected chi connectivity index (χ0v) is 38.1. The number of fused-ring (bicyclic) bond motifs is 3. The molecule has 3 aliphatic carbocycles. The molecule has 2 saturated carbocycles. The standard InChI is InChI=1S/C40H80O6Si3/c1-17-49(18-2,19-3)46-35-27-33-38(8,9)31(4)28-40(33,23-20-24-42-29-41-11)36-32(45-48(15,16)37(5,6)7)21-22-34(39(35,36)10)44-30-43-25-26-47(12,13)14/h28,32-36H,17-27,29-30H2,1-16H3/t32-,33-,34+,35-,36-,39+,40+/m0/s1. The van der Waals surface area contributed by atoms with E-state index in [4.69, 9.17) is 27.8 Å². The molecule has 0 bridgehead atoms. The van der Waals surface area contributed by atoms with Gasteiger partial charge < -0.3 is 27.8 Å². The maximum absolute atomic E-state index is 7.80. The van der Waals surface area contributed by atoms with Crippen molar-refractivity contribution >= 4 is 24.7 Å². The molecule has 0 radical (unpaired) electrons. The summed E-state index contributed by atoms with van der Waals surface area (Å²) in [5.41, 5.74) is 1.32. The lowest BCUT2D eigenvalue weighted by atomic mass is 9.43. The first-order valence-electron chi connectivity index (χ1n) is 19.9. The molecule has 0 aromatic carbocycles. The normalized spacial score (nSPS) is 32.2. The first kappa shape index (κ1) is 43.6. The second kappa shape index (κ2) is 16.7. The summed E-state index contributed by atoms with van der Waals surface area (Å²) >= 11 is 0. The van der Waals surface area contributed by atoms with Gasteiger partial charge in [-0.15, -0.1) is 0 Å². The molecule has 2 fully saturated rings. The summed E-state index contributed by atoms with van der Waals surface area (Å²) in [4.78, 5) is 0. The first-order valence-corrected chi connectivity index (χ1v) is 29.1. The van der Waals surface area contributed by atoms with Gasteiger partial charge in [0.05, 0.1) is 12.2 Å². The smallest absolute Gasteiger partial charge is 0.192 e. The summed E-state index contributed by atoms with van der Waals surface area (Å²) in [5.74, 6) is 0.718. The molecule has 0 amide bonds. The van der Waals surface area contributed by atoms with E-state index in [-0.39, 0.29) is 45.5 Å². The molecule has 3 aliphatic rings. The fraction of sp³-hybridized carbons (Fsp3) is 0.950. The minimum Gasteiger partial charge on any atom is -0.414 e. The Hall–Kier alpha value is 0.151. The quantitative estimate of drug-likeness (QED) is 0.0569. The summed E-state index contributed by atoms with van der Waals surface area (Å²) in [6, 6.07) is 4.61. The van der Waals surface area contributed by atoms with Gasteiger partial charge in [0.1, 0.15) is 13.6 Å². The monoisotopic (exact) mass is 741 g/mol. The van der Waals surface area contributed by atoms with Crippen LogP contribution in [-0.2, 0) is 27.8 Å². The van der Waals surface area contributed by atoms with Crippen molar-refractivity contribution in [1.29, 1.82) is 0 Å². The number of allylic oxidation sites excluding steroid dienone is 2. The summed E-state index contributed by atoms with van der Waals surface area (Å²) in [7, 11) is -3.54. The lowest BCUT2D eigenvalue weighted by Gasteiger charge is -2.67. The van der Waals surface area contributed by atoms with E-state index in [0.29, 0.717) is 26.1 Å². The van der Waals surface area contributed by atoms with Crippen LogP contribution in [0.4, 0.5) is 0 Å². The van der Waals surface area contributed by atoms with Gasteiger partial charge in [0.25, 0.3) is 0 Å². The Morgan fingerprint density at radius 3 is 2.00 bits per heavy atom. The van der Waals surface area contributed by atoms with Crippen LogP contribution >= 0.6 is 0 Å². The van der Waals surface area contributed by atoms with Crippen molar-refractivity contribution in [2.75, 3.05) is 33.9 Å². The van der Waals surface area contributed by atoms with Crippen LogP contribution in [0.3, 0.4) is 0 Å². The van der Waals surface area contributed by atoms with E-state index < -0.39 is 24.7 Å². The molecule has 6 nitrogen and oxygen atoms in total. The SMILES string of the molecule is CC[Si](CC)(CC)O[C@H]1C[C@H]2C(C)(C)C(C)=C[C@@]2(CCCOCOC)[C@H]2[C@@H](O[Si](C)(C)C(C)(C)C)CC[C@@H](OCOCC[Si](C)(C)C)[C@]12C. The molecule has 0 aromatic heterocycles. The number of hydrogen-bond donors (Lipinski definition) is 0. The van der Waals surface area contributed by atoms with Gasteiger partial charge in [0.2, 0.25) is 0 Å². The molecule has 49 heavy (non-hydrogen) atoms. The molecule has 0 aromatic rings. The van der Waals surface area contributed by atoms with Crippen molar-refractivity contribution in [1.82, 2.24) is 0 Å². The van der Waals surface area contributed by atoms with Crippen molar-refractivity contribution in [3.63, 3.8) is 0 Å². The van der Waals surface area contributed by atoms with Crippen molar-refractivity contribution in [3.05, 3.63) is 11.6 Å². The number of methoxy groups -OCH3 is 1. The molecule has 0 aliphatic heterocycles. The molecule has 0 N–H and O–H groups in total. The van der Waals surface area contributed by atoms with Crippen LogP contribution in [0.1, 0.15) is 101 Å². The van der Waals surface area contributed by atoms with Crippen LogP contribution in [0.2, 0.25) is 61.9 Å². The van der Waals surface area contributed by atoms with Gasteiger partial charge in [-0.1, -0.05) is 93.6 Å². The van der Waals surface area contributed by atoms with E-state index in [1.807, 2.05) is 0 Å². The lowest BCUT2D eigenvalue weighted by Crippen LogP contribution is -2.69. The molecule has 0 heterocycles. The third-order valence-corrected chi connectivity index (χ3v) is 25.1. The van der Waals surface area contributed by atoms with Crippen molar-refractivity contribution in [2.45, 2.75) is 182 Å². The van der Waals surface area contributed by atoms with E-state index in [9.17, 15) is 0 Å². The van der Waals surface area contributed by atoms with Crippen LogP contribution in [0.25, 0.3) is 0 Å². The van der Waals surface area contributed by atoms with Crippen molar-refractivity contribution < 1.29 is 27.8 Å². The van der Waals surface area contributed by atoms with E-state index in [1.165, 1.54) is 5.57 Å². The highest BCUT2D eigenvalue weighted by Gasteiger charge is 2.70. The predicted molar refractivity (Wildman–Crippen MR) is 214 cm³/mol. The van der Waals surface area contributed by atoms with Crippen LogP contribution < -0.4 is 0 Å². The summed E-state index contributed by atoms with van der Waals surface area (Å²) in [5, 5.41) is 0.126. The zero-order chi connectivity index (χ0) is 37.1. The average Bonchev–Trinajstić information content (AvgIpc) is 3.19. The first-order chi connectivity index (χ1) is 22.6. The van der Waals surface area contributed by atoms with Crippen molar-refractivity contribution in [3.8, 4) is 0 Å². The highest BCUT2D eigenvalue weighted by molar-refractivity contribution is 6.76. The minimum atomic E-state index is -2.10. The Bertz CT molecular complexity index is 1070. The Morgan fingerprint density at radius 1 is 0.837 bits per heavy atom. The van der Waals surface area contributed by atoms with Crippen LogP contribution in [-0.4, -0.2) is 76.9 Å². The van der Waals surface area contributed by atoms with Crippen molar-refractivity contribution in [2.24, 2.45) is 28.1 Å². The summed E-state index contributed by atoms with van der Waals surface area (Å²) < 4.78 is 40.0. The summed E-state index contributed by atoms with van der Waals surface area (Å²) in [6.45, 7) is 38.6. The van der Waals surface area contributed by atoms with E-state index >= 15 is 0 Å². The van der Waals surface area contributed by atoms with Gasteiger partial charge in [0.15, 0.2) is 16.6 Å². The molecule has 0 unspecified atom stereocenters. The summed E-state index contributed by atoms with van der Waals surface area (Å²) in [6.07, 6.45) is 8.15. The maximum Gasteiger partial charge on any atom is 0.192 e. The van der Waals surface area contributed by atoms with E-state index in [2.05, 4.69) is 108 Å². The third-order valence-electron chi connectivity index (χ3n) is 14.2. The number of hydrogen-bond acceptors (Lipinski definition) is 6. The Kier molecular flexibility index (Phi) is 14.8. The van der Waals surface area contributed by atoms with Gasteiger partial charge in [-0.05, 0) is 98.1 Å².